The third-order valence-electron chi connectivity index (χ3n) is 9.89. The quantitative estimate of drug-likeness (QED) is 0.0351. The first-order valence-electron chi connectivity index (χ1n) is 20.9. The maximum Gasteiger partial charge on any atom is 2.00 e. The first kappa shape index (κ1) is 52.3. The van der Waals surface area contributed by atoms with Gasteiger partial charge in [0.15, 0.2) is 0 Å². The van der Waals surface area contributed by atoms with Gasteiger partial charge >= 0.3 is 37.7 Å². The molecule has 0 aliphatic carbocycles. The van der Waals surface area contributed by atoms with Crippen molar-refractivity contribution in [3.63, 3.8) is 0 Å². The molecular weight excluding hydrogens is 817 g/mol. The Morgan fingerprint density at radius 2 is 0.847 bits per heavy atom. The summed E-state index contributed by atoms with van der Waals surface area (Å²) < 4.78 is 75.6. The van der Waals surface area contributed by atoms with Crippen LogP contribution in [-0.2, 0) is 33.1 Å². The topological polar surface area (TPSA) is 173 Å². The summed E-state index contributed by atoms with van der Waals surface area (Å²) in [4.78, 5) is -0.479. The van der Waals surface area contributed by atoms with Crippen molar-refractivity contribution in [3.8, 4) is 34.5 Å². The fraction of sp³-hybridized carbons (Fsp3) is 0.478. The molecule has 0 spiro atoms. The van der Waals surface area contributed by atoms with E-state index in [-0.39, 0.29) is 59.0 Å². The molecular formula is C46H62CaO10S2. The largest absolute Gasteiger partial charge is 2.00 e. The second kappa shape index (κ2) is 28.6. The van der Waals surface area contributed by atoms with Crippen molar-refractivity contribution in [2.24, 2.45) is 0 Å². The molecule has 0 heterocycles. The van der Waals surface area contributed by atoms with E-state index < -0.39 is 20.2 Å². The number of phenolic OH excluding ortho intramolecular Hbond substituents is 1. The minimum atomic E-state index is -4.47. The van der Waals surface area contributed by atoms with Crippen LogP contribution in [0.25, 0.3) is 0 Å². The van der Waals surface area contributed by atoms with Crippen LogP contribution in [0.3, 0.4) is 0 Å². The van der Waals surface area contributed by atoms with Gasteiger partial charge in [-0.2, -0.15) is 8.42 Å². The monoisotopic (exact) mass is 878 g/mol. The number of phenols is 1. The molecule has 0 unspecified atom stereocenters. The number of rotatable bonds is 26. The summed E-state index contributed by atoms with van der Waals surface area (Å²) in [6.45, 7) is 4.45. The predicted molar refractivity (Wildman–Crippen MR) is 232 cm³/mol. The molecule has 4 aromatic carbocycles. The van der Waals surface area contributed by atoms with Gasteiger partial charge < -0.3 is 24.2 Å². The van der Waals surface area contributed by atoms with Crippen molar-refractivity contribution in [1.29, 1.82) is 0 Å². The molecule has 320 valence electrons. The SMILES string of the molecule is CCCCCCCCCCCc1cc(Oc2ccc(S(=O)(=O)O)cc2)ccc1O.CCCCCCCCCCCc1cc(Oc2ccc(S(=O)(=O)[O-])cc2)ccc1[O-].[Ca+2]. The Hall–Kier alpha value is -2.84. The van der Waals surface area contributed by atoms with Gasteiger partial charge in [0.1, 0.15) is 38.9 Å². The molecule has 13 heteroatoms. The minimum Gasteiger partial charge on any atom is -0.872 e. The summed E-state index contributed by atoms with van der Waals surface area (Å²) in [6, 6.07) is 20.8. The molecule has 0 saturated heterocycles. The van der Waals surface area contributed by atoms with Gasteiger partial charge in [-0.3, -0.25) is 4.55 Å². The standard InChI is InChI=1S/2C23H32O5S.Ca/c2*1-2-3-4-5-6-7-8-9-10-11-19-18-21(14-17-23(19)24)28-20-12-15-22(16-13-20)29(25,26)27;/h2*12-18,24H,2-11H2,1H3,(H,25,26,27);/q;;+2/p-2. The van der Waals surface area contributed by atoms with Crippen LogP contribution in [0, 0.1) is 0 Å². The third-order valence-corrected chi connectivity index (χ3v) is 11.6. The number of benzene rings is 4. The van der Waals surface area contributed by atoms with Crippen molar-refractivity contribution >= 4 is 58.0 Å². The van der Waals surface area contributed by atoms with Gasteiger partial charge in [0.25, 0.3) is 10.1 Å². The number of ether oxygens (including phenoxy) is 2. The van der Waals surface area contributed by atoms with E-state index in [0.29, 0.717) is 23.0 Å². The third kappa shape index (κ3) is 21.5. The number of unbranched alkanes of at least 4 members (excludes halogenated alkanes) is 16. The molecule has 0 aliphatic rings. The smallest absolute Gasteiger partial charge is 0.872 e. The Kier molecular flexibility index (Phi) is 25.4. The second-order valence-corrected chi connectivity index (χ2v) is 17.6. The fourth-order valence-electron chi connectivity index (χ4n) is 6.52. The molecule has 0 aromatic heterocycles. The van der Waals surface area contributed by atoms with Gasteiger partial charge in [0, 0.05) is 0 Å². The molecule has 0 saturated carbocycles. The molecule has 4 rings (SSSR count). The maximum absolute atomic E-state index is 12.1. The van der Waals surface area contributed by atoms with Gasteiger partial charge in [-0.25, -0.2) is 8.42 Å². The van der Waals surface area contributed by atoms with Crippen molar-refractivity contribution in [2.45, 2.75) is 152 Å². The van der Waals surface area contributed by atoms with Crippen LogP contribution in [0.4, 0.5) is 0 Å². The Bertz CT molecular complexity index is 1840. The predicted octanol–water partition coefficient (Wildman–Crippen LogP) is 11.7. The zero-order chi connectivity index (χ0) is 42.2. The van der Waals surface area contributed by atoms with Crippen LogP contribution in [0.5, 0.6) is 34.5 Å². The maximum atomic E-state index is 12.1. The van der Waals surface area contributed by atoms with Gasteiger partial charge in [0.2, 0.25) is 0 Å². The molecule has 0 atom stereocenters. The zero-order valence-corrected chi connectivity index (χ0v) is 38.8. The molecule has 2 N–H and O–H groups in total. The van der Waals surface area contributed by atoms with E-state index in [1.54, 1.807) is 24.3 Å². The van der Waals surface area contributed by atoms with Crippen molar-refractivity contribution in [1.82, 2.24) is 0 Å². The average Bonchev–Trinajstić information content (AvgIpc) is 3.19. The first-order valence-corrected chi connectivity index (χ1v) is 23.8. The molecule has 10 nitrogen and oxygen atoms in total. The first-order chi connectivity index (χ1) is 27.8. The van der Waals surface area contributed by atoms with Crippen molar-refractivity contribution < 1.29 is 45.6 Å². The van der Waals surface area contributed by atoms with E-state index in [4.69, 9.17) is 14.0 Å². The number of hydrogen-bond donors (Lipinski definition) is 2. The van der Waals surface area contributed by atoms with Crippen LogP contribution >= 0.6 is 0 Å². The van der Waals surface area contributed by atoms with Gasteiger partial charge in [-0.05, 0) is 110 Å². The van der Waals surface area contributed by atoms with Crippen LogP contribution < -0.4 is 14.6 Å². The Morgan fingerprint density at radius 1 is 0.492 bits per heavy atom. The van der Waals surface area contributed by atoms with Crippen LogP contribution in [0.1, 0.15) is 141 Å². The van der Waals surface area contributed by atoms with Gasteiger partial charge in [0.05, 0.1) is 9.79 Å². The van der Waals surface area contributed by atoms with Gasteiger partial charge in [-0.15, -0.1) is 5.75 Å². The molecule has 0 aliphatic heterocycles. The summed E-state index contributed by atoms with van der Waals surface area (Å²) in [6.07, 6.45) is 23.9. The molecule has 4 aromatic rings. The molecule has 0 radical (unpaired) electrons. The minimum absolute atomic E-state index is 0. The molecule has 59 heavy (non-hydrogen) atoms. The number of hydrogen-bond acceptors (Lipinski definition) is 9. The molecule has 0 fully saturated rings. The summed E-state index contributed by atoms with van der Waals surface area (Å²) in [5.74, 6) is 2.23. The normalized spacial score (nSPS) is 11.3. The van der Waals surface area contributed by atoms with Crippen LogP contribution in [-0.4, -0.2) is 68.8 Å². The summed E-state index contributed by atoms with van der Waals surface area (Å²) in [7, 11) is -8.69. The Balaban J connectivity index is 0.000000400. The van der Waals surface area contributed by atoms with Gasteiger partial charge in [-0.1, -0.05) is 128 Å². The average molecular weight is 879 g/mol. The fourth-order valence-corrected chi connectivity index (χ4v) is 7.47. The Labute approximate surface area is 383 Å². The van der Waals surface area contributed by atoms with E-state index in [2.05, 4.69) is 13.8 Å². The summed E-state index contributed by atoms with van der Waals surface area (Å²) in [5, 5.41) is 22.2. The number of aromatic hydroxyl groups is 1. The van der Waals surface area contributed by atoms with Crippen LogP contribution in [0.15, 0.2) is 94.7 Å². The summed E-state index contributed by atoms with van der Waals surface area (Å²) >= 11 is 0. The van der Waals surface area contributed by atoms with E-state index in [1.165, 1.54) is 144 Å². The second-order valence-electron chi connectivity index (χ2n) is 14.8. The number of aryl methyl sites for hydroxylation is 2. The van der Waals surface area contributed by atoms with E-state index >= 15 is 0 Å². The molecule has 0 bridgehead atoms. The van der Waals surface area contributed by atoms with Crippen molar-refractivity contribution in [2.75, 3.05) is 0 Å². The van der Waals surface area contributed by atoms with E-state index in [0.717, 1.165) is 49.7 Å². The summed E-state index contributed by atoms with van der Waals surface area (Å²) in [5.41, 5.74) is 1.57. The zero-order valence-electron chi connectivity index (χ0n) is 34.9. The van der Waals surface area contributed by atoms with Crippen LogP contribution in [0.2, 0.25) is 0 Å². The van der Waals surface area contributed by atoms with Crippen molar-refractivity contribution in [3.05, 3.63) is 96.1 Å². The van der Waals surface area contributed by atoms with E-state index in [9.17, 15) is 31.6 Å². The molecule has 0 amide bonds. The van der Waals surface area contributed by atoms with E-state index in [1.807, 2.05) is 6.07 Å². The Morgan fingerprint density at radius 3 is 1.27 bits per heavy atom.